The molecular weight excluding hydrogens is 294 g/mol. The summed E-state index contributed by atoms with van der Waals surface area (Å²) in [5, 5.41) is 12.2. The van der Waals surface area contributed by atoms with Gasteiger partial charge in [0.1, 0.15) is 36.8 Å². The SMILES string of the molecule is COC[C@H](C)[NH2+]C[C@@H](O)COc1ccc(OC)cc1C(C)(C)C. The van der Waals surface area contributed by atoms with E-state index < -0.39 is 6.10 Å². The van der Waals surface area contributed by atoms with Gasteiger partial charge in [0.2, 0.25) is 0 Å². The molecule has 0 aliphatic rings. The van der Waals surface area contributed by atoms with E-state index in [1.807, 2.05) is 18.2 Å². The second-order valence-corrected chi connectivity index (χ2v) is 6.98. The Labute approximate surface area is 139 Å². The summed E-state index contributed by atoms with van der Waals surface area (Å²) in [6, 6.07) is 6.10. The minimum atomic E-state index is -0.524. The third-order valence-electron chi connectivity index (χ3n) is 3.67. The maximum atomic E-state index is 10.1. The minimum absolute atomic E-state index is 0.0616. The molecule has 0 radical (unpaired) electrons. The zero-order valence-corrected chi connectivity index (χ0v) is 15.3. The average molecular weight is 326 g/mol. The highest BCUT2D eigenvalue weighted by Gasteiger charge is 2.21. The number of aliphatic hydroxyl groups excluding tert-OH is 1. The largest absolute Gasteiger partial charge is 0.497 e. The van der Waals surface area contributed by atoms with Crippen LogP contribution in [0, 0.1) is 0 Å². The lowest BCUT2D eigenvalue weighted by Gasteiger charge is -2.24. The highest BCUT2D eigenvalue weighted by Crippen LogP contribution is 2.34. The molecule has 0 aromatic heterocycles. The van der Waals surface area contributed by atoms with Crippen LogP contribution in [0.4, 0.5) is 0 Å². The number of quaternary nitrogens is 1. The van der Waals surface area contributed by atoms with Crippen molar-refractivity contribution in [2.24, 2.45) is 0 Å². The molecule has 5 nitrogen and oxygen atoms in total. The fraction of sp³-hybridized carbons (Fsp3) is 0.667. The van der Waals surface area contributed by atoms with Crippen molar-refractivity contribution >= 4 is 0 Å². The van der Waals surface area contributed by atoms with Crippen LogP contribution in [0.3, 0.4) is 0 Å². The van der Waals surface area contributed by atoms with Gasteiger partial charge in [0.15, 0.2) is 0 Å². The van der Waals surface area contributed by atoms with Crippen LogP contribution in [0.2, 0.25) is 0 Å². The lowest BCUT2D eigenvalue weighted by atomic mass is 9.86. The Morgan fingerprint density at radius 2 is 1.87 bits per heavy atom. The Bertz CT molecular complexity index is 471. The van der Waals surface area contributed by atoms with Crippen LogP contribution in [0.5, 0.6) is 11.5 Å². The molecular formula is C18H32NO4+. The van der Waals surface area contributed by atoms with Crippen LogP contribution in [-0.2, 0) is 10.2 Å². The summed E-state index contributed by atoms with van der Waals surface area (Å²) < 4.78 is 16.2. The second kappa shape index (κ2) is 9.11. The Hall–Kier alpha value is -1.30. The molecule has 1 aromatic carbocycles. The average Bonchev–Trinajstić information content (AvgIpc) is 2.50. The molecule has 0 aliphatic carbocycles. The normalized spacial score (nSPS) is 14.4. The summed E-state index contributed by atoms with van der Waals surface area (Å²) in [6.45, 7) is 9.98. The Kier molecular flexibility index (Phi) is 7.82. The van der Waals surface area contributed by atoms with E-state index in [4.69, 9.17) is 14.2 Å². The molecule has 5 heteroatoms. The summed E-state index contributed by atoms with van der Waals surface area (Å²) in [6.07, 6.45) is -0.524. The van der Waals surface area contributed by atoms with E-state index in [0.29, 0.717) is 19.2 Å². The minimum Gasteiger partial charge on any atom is -0.497 e. The highest BCUT2D eigenvalue weighted by molar-refractivity contribution is 5.44. The number of hydrogen-bond donors (Lipinski definition) is 2. The molecule has 23 heavy (non-hydrogen) atoms. The first-order valence-corrected chi connectivity index (χ1v) is 8.09. The number of nitrogens with two attached hydrogens (primary N) is 1. The zero-order chi connectivity index (χ0) is 17.5. The van der Waals surface area contributed by atoms with Gasteiger partial charge in [-0.1, -0.05) is 20.8 Å². The van der Waals surface area contributed by atoms with Crippen LogP contribution in [0.1, 0.15) is 33.3 Å². The van der Waals surface area contributed by atoms with Crippen molar-refractivity contribution in [1.82, 2.24) is 0 Å². The molecule has 0 bridgehead atoms. The Morgan fingerprint density at radius 3 is 2.43 bits per heavy atom. The van der Waals surface area contributed by atoms with E-state index >= 15 is 0 Å². The molecule has 2 atom stereocenters. The zero-order valence-electron chi connectivity index (χ0n) is 15.3. The molecule has 1 rings (SSSR count). The standard InChI is InChI=1S/C18H31NO4/c1-13(11-21-5)19-10-14(20)12-23-17-8-7-15(22-6)9-16(17)18(2,3)4/h7-9,13-14,19-20H,10-12H2,1-6H3/p+1/t13-,14+/m0/s1. The fourth-order valence-corrected chi connectivity index (χ4v) is 2.32. The van der Waals surface area contributed by atoms with Crippen molar-refractivity contribution in [2.45, 2.75) is 45.3 Å². The third kappa shape index (κ3) is 6.77. The molecule has 0 unspecified atom stereocenters. The summed E-state index contributed by atoms with van der Waals surface area (Å²) in [4.78, 5) is 0. The van der Waals surface area contributed by atoms with E-state index in [-0.39, 0.29) is 12.0 Å². The van der Waals surface area contributed by atoms with Crippen molar-refractivity contribution in [3.63, 3.8) is 0 Å². The van der Waals surface area contributed by atoms with Crippen molar-refractivity contribution in [3.05, 3.63) is 23.8 Å². The molecule has 0 saturated heterocycles. The van der Waals surface area contributed by atoms with Gasteiger partial charge in [0, 0.05) is 12.7 Å². The van der Waals surface area contributed by atoms with Crippen molar-refractivity contribution in [3.8, 4) is 11.5 Å². The first-order valence-electron chi connectivity index (χ1n) is 8.09. The Morgan fingerprint density at radius 1 is 1.17 bits per heavy atom. The Balaban J connectivity index is 2.63. The summed E-state index contributed by atoms with van der Waals surface area (Å²) >= 11 is 0. The van der Waals surface area contributed by atoms with Crippen LogP contribution in [0.25, 0.3) is 0 Å². The molecule has 0 amide bonds. The van der Waals surface area contributed by atoms with Crippen molar-refractivity contribution in [2.75, 3.05) is 34.0 Å². The molecule has 0 saturated carbocycles. The van der Waals surface area contributed by atoms with Crippen molar-refractivity contribution in [1.29, 1.82) is 0 Å². The summed E-state index contributed by atoms with van der Waals surface area (Å²) in [5.74, 6) is 1.60. The maximum absolute atomic E-state index is 10.1. The van der Waals surface area contributed by atoms with E-state index in [9.17, 15) is 5.11 Å². The van der Waals surface area contributed by atoms with Gasteiger partial charge in [-0.15, -0.1) is 0 Å². The molecule has 3 N–H and O–H groups in total. The predicted octanol–water partition coefficient (Wildman–Crippen LogP) is 1.33. The highest BCUT2D eigenvalue weighted by atomic mass is 16.5. The van der Waals surface area contributed by atoms with Crippen LogP contribution in [0.15, 0.2) is 18.2 Å². The van der Waals surface area contributed by atoms with Gasteiger partial charge in [0.25, 0.3) is 0 Å². The van der Waals surface area contributed by atoms with Gasteiger partial charge in [-0.2, -0.15) is 0 Å². The van der Waals surface area contributed by atoms with Gasteiger partial charge < -0.3 is 24.6 Å². The number of rotatable bonds is 9. The summed E-state index contributed by atoms with van der Waals surface area (Å²) in [5.41, 5.74) is 1.01. The monoisotopic (exact) mass is 326 g/mol. The van der Waals surface area contributed by atoms with Gasteiger partial charge in [0.05, 0.1) is 13.7 Å². The lowest BCUT2D eigenvalue weighted by molar-refractivity contribution is -0.693. The first-order chi connectivity index (χ1) is 10.8. The smallest absolute Gasteiger partial charge is 0.137 e. The predicted molar refractivity (Wildman–Crippen MR) is 91.3 cm³/mol. The van der Waals surface area contributed by atoms with Gasteiger partial charge in [-0.05, 0) is 30.5 Å². The summed E-state index contributed by atoms with van der Waals surface area (Å²) in [7, 11) is 3.34. The lowest BCUT2D eigenvalue weighted by Crippen LogP contribution is -2.92. The first kappa shape index (κ1) is 19.7. The number of methoxy groups -OCH3 is 2. The number of benzene rings is 1. The van der Waals surface area contributed by atoms with E-state index in [0.717, 1.165) is 17.1 Å². The van der Waals surface area contributed by atoms with Crippen molar-refractivity contribution < 1.29 is 24.6 Å². The second-order valence-electron chi connectivity index (χ2n) is 6.98. The van der Waals surface area contributed by atoms with E-state index in [1.165, 1.54) is 0 Å². The maximum Gasteiger partial charge on any atom is 0.137 e. The topological polar surface area (TPSA) is 64.5 Å². The molecule has 0 aliphatic heterocycles. The number of aliphatic hydroxyl groups is 1. The van der Waals surface area contributed by atoms with Crippen LogP contribution >= 0.6 is 0 Å². The molecule has 132 valence electrons. The number of hydrogen-bond acceptors (Lipinski definition) is 4. The quantitative estimate of drug-likeness (QED) is 0.719. The van der Waals surface area contributed by atoms with Gasteiger partial charge in [-0.3, -0.25) is 0 Å². The molecule has 0 spiro atoms. The van der Waals surface area contributed by atoms with Gasteiger partial charge in [-0.25, -0.2) is 0 Å². The van der Waals surface area contributed by atoms with Crippen LogP contribution < -0.4 is 14.8 Å². The molecule has 0 heterocycles. The van der Waals surface area contributed by atoms with E-state index in [2.05, 4.69) is 33.0 Å². The third-order valence-corrected chi connectivity index (χ3v) is 3.67. The fourth-order valence-electron chi connectivity index (χ4n) is 2.32. The number of ether oxygens (including phenoxy) is 3. The van der Waals surface area contributed by atoms with Gasteiger partial charge >= 0.3 is 0 Å². The van der Waals surface area contributed by atoms with E-state index in [1.54, 1.807) is 14.2 Å². The van der Waals surface area contributed by atoms with Crippen LogP contribution in [-0.4, -0.2) is 51.2 Å². The molecule has 0 fully saturated rings. The molecule has 1 aromatic rings.